The highest BCUT2D eigenvalue weighted by atomic mass is 79.9. The summed E-state index contributed by atoms with van der Waals surface area (Å²) in [5.41, 5.74) is 0.105. The van der Waals surface area contributed by atoms with Gasteiger partial charge < -0.3 is 10.2 Å². The monoisotopic (exact) mass is 318 g/mol. The molecule has 1 aromatic carbocycles. The van der Waals surface area contributed by atoms with Crippen LogP contribution < -0.4 is 10.2 Å². The molecule has 0 atom stereocenters. The molecule has 100 valence electrons. The van der Waals surface area contributed by atoms with Crippen molar-refractivity contribution >= 4 is 21.6 Å². The van der Waals surface area contributed by atoms with Crippen molar-refractivity contribution in [2.45, 2.75) is 25.8 Å². The van der Waals surface area contributed by atoms with Crippen LogP contribution in [-0.2, 0) is 0 Å². The maximum absolute atomic E-state index is 13.8. The van der Waals surface area contributed by atoms with Crippen LogP contribution in [0.3, 0.4) is 0 Å². The normalized spacial score (nSPS) is 17.2. The number of anilines is 1. The zero-order valence-electron chi connectivity index (χ0n) is 10.3. The highest BCUT2D eigenvalue weighted by molar-refractivity contribution is 9.10. The maximum Gasteiger partial charge on any atom is 0.150 e. The lowest BCUT2D eigenvalue weighted by Gasteiger charge is -2.34. The number of nitrogens with zero attached hydrogens (tertiary/aromatic N) is 1. The fourth-order valence-electron chi connectivity index (χ4n) is 2.43. The molecular formula is C13H17BrF2N2. The molecule has 1 fully saturated rings. The molecule has 2 nitrogen and oxygen atoms in total. The van der Waals surface area contributed by atoms with Crippen molar-refractivity contribution in [2.24, 2.45) is 0 Å². The highest BCUT2D eigenvalue weighted by Crippen LogP contribution is 2.29. The average molecular weight is 319 g/mol. The standard InChI is InChI=1S/C13H17BrF2N2/c1-2-17-10-3-5-18(6-4-10)13-11(15)7-9(14)8-12(13)16/h7-8,10,17H,2-6H2,1H3. The summed E-state index contributed by atoms with van der Waals surface area (Å²) in [7, 11) is 0. The van der Waals surface area contributed by atoms with Gasteiger partial charge in [0.05, 0.1) is 0 Å². The van der Waals surface area contributed by atoms with Gasteiger partial charge in [0.2, 0.25) is 0 Å². The molecule has 1 aliphatic rings. The third-order valence-electron chi connectivity index (χ3n) is 3.29. The van der Waals surface area contributed by atoms with E-state index in [-0.39, 0.29) is 5.69 Å². The van der Waals surface area contributed by atoms with Gasteiger partial charge in [0.1, 0.15) is 5.69 Å². The minimum absolute atomic E-state index is 0.105. The van der Waals surface area contributed by atoms with Crippen LogP contribution in [0.5, 0.6) is 0 Å². The summed E-state index contributed by atoms with van der Waals surface area (Å²) in [5.74, 6) is -0.993. The Hall–Kier alpha value is -0.680. The van der Waals surface area contributed by atoms with E-state index in [9.17, 15) is 8.78 Å². The summed E-state index contributed by atoms with van der Waals surface area (Å²) < 4.78 is 28.1. The lowest BCUT2D eigenvalue weighted by atomic mass is 10.0. The van der Waals surface area contributed by atoms with E-state index in [1.54, 1.807) is 4.90 Å². The van der Waals surface area contributed by atoms with Gasteiger partial charge in [0.25, 0.3) is 0 Å². The van der Waals surface area contributed by atoms with Crippen LogP contribution in [0.15, 0.2) is 16.6 Å². The van der Waals surface area contributed by atoms with E-state index >= 15 is 0 Å². The van der Waals surface area contributed by atoms with E-state index in [1.165, 1.54) is 12.1 Å². The second-order valence-electron chi connectivity index (χ2n) is 4.54. The van der Waals surface area contributed by atoms with Gasteiger partial charge >= 0.3 is 0 Å². The second-order valence-corrected chi connectivity index (χ2v) is 5.45. The van der Waals surface area contributed by atoms with Gasteiger partial charge in [-0.3, -0.25) is 0 Å². The van der Waals surface area contributed by atoms with Crippen molar-refractivity contribution in [3.8, 4) is 0 Å². The zero-order chi connectivity index (χ0) is 13.1. The molecule has 18 heavy (non-hydrogen) atoms. The Kier molecular flexibility index (Phi) is 4.56. The van der Waals surface area contributed by atoms with Crippen LogP contribution in [0.4, 0.5) is 14.5 Å². The molecule has 0 bridgehead atoms. The molecule has 0 aliphatic carbocycles. The number of rotatable bonds is 3. The van der Waals surface area contributed by atoms with Crippen LogP contribution in [0.1, 0.15) is 19.8 Å². The molecule has 0 spiro atoms. The smallest absolute Gasteiger partial charge is 0.150 e. The predicted molar refractivity (Wildman–Crippen MR) is 73.0 cm³/mol. The molecule has 1 aliphatic heterocycles. The Balaban J connectivity index is 2.10. The third-order valence-corrected chi connectivity index (χ3v) is 3.74. The van der Waals surface area contributed by atoms with Gasteiger partial charge in [-0.05, 0) is 31.5 Å². The van der Waals surface area contributed by atoms with Gasteiger partial charge in [0, 0.05) is 23.6 Å². The Labute approximate surface area is 114 Å². The van der Waals surface area contributed by atoms with Crippen molar-refractivity contribution in [2.75, 3.05) is 24.5 Å². The molecule has 0 saturated carbocycles. The van der Waals surface area contributed by atoms with Gasteiger partial charge in [-0.25, -0.2) is 8.78 Å². The summed E-state index contributed by atoms with van der Waals surface area (Å²) in [6.45, 7) is 4.38. The zero-order valence-corrected chi connectivity index (χ0v) is 11.9. The number of hydrogen-bond acceptors (Lipinski definition) is 2. The van der Waals surface area contributed by atoms with Crippen LogP contribution >= 0.6 is 15.9 Å². The summed E-state index contributed by atoms with van der Waals surface area (Å²) >= 11 is 3.09. The van der Waals surface area contributed by atoms with E-state index < -0.39 is 11.6 Å². The fraction of sp³-hybridized carbons (Fsp3) is 0.538. The topological polar surface area (TPSA) is 15.3 Å². The molecular weight excluding hydrogens is 302 g/mol. The number of halogens is 3. The lowest BCUT2D eigenvalue weighted by Crippen LogP contribution is -2.43. The Morgan fingerprint density at radius 1 is 1.28 bits per heavy atom. The van der Waals surface area contributed by atoms with Crippen molar-refractivity contribution in [1.82, 2.24) is 5.32 Å². The van der Waals surface area contributed by atoms with E-state index in [0.29, 0.717) is 23.6 Å². The van der Waals surface area contributed by atoms with Gasteiger partial charge in [-0.15, -0.1) is 0 Å². The van der Waals surface area contributed by atoms with Gasteiger partial charge in [-0.1, -0.05) is 22.9 Å². The van der Waals surface area contributed by atoms with E-state index in [0.717, 1.165) is 19.4 Å². The van der Waals surface area contributed by atoms with E-state index in [2.05, 4.69) is 28.2 Å². The van der Waals surface area contributed by atoms with Crippen LogP contribution in [-0.4, -0.2) is 25.7 Å². The summed E-state index contributed by atoms with van der Waals surface area (Å²) in [6, 6.07) is 3.09. The Bertz CT molecular complexity index is 394. The average Bonchev–Trinajstić information content (AvgIpc) is 2.30. The molecule has 1 aromatic rings. The van der Waals surface area contributed by atoms with E-state index in [1.807, 2.05) is 0 Å². The third kappa shape index (κ3) is 3.01. The molecule has 0 aromatic heterocycles. The number of nitrogens with one attached hydrogen (secondary N) is 1. The first kappa shape index (κ1) is 13.7. The Morgan fingerprint density at radius 3 is 2.33 bits per heavy atom. The minimum Gasteiger partial charge on any atom is -0.367 e. The molecule has 0 unspecified atom stereocenters. The highest BCUT2D eigenvalue weighted by Gasteiger charge is 2.23. The predicted octanol–water partition coefficient (Wildman–Crippen LogP) is 3.31. The quantitative estimate of drug-likeness (QED) is 0.919. The van der Waals surface area contributed by atoms with Crippen molar-refractivity contribution in [1.29, 1.82) is 0 Å². The second kappa shape index (κ2) is 5.97. The van der Waals surface area contributed by atoms with E-state index in [4.69, 9.17) is 0 Å². The first-order valence-electron chi connectivity index (χ1n) is 6.24. The number of hydrogen-bond donors (Lipinski definition) is 1. The van der Waals surface area contributed by atoms with Crippen LogP contribution in [0.2, 0.25) is 0 Å². The maximum atomic E-state index is 13.8. The molecule has 1 heterocycles. The number of piperidine rings is 1. The largest absolute Gasteiger partial charge is 0.367 e. The summed E-state index contributed by atoms with van der Waals surface area (Å²) in [4.78, 5) is 1.80. The van der Waals surface area contributed by atoms with Gasteiger partial charge in [-0.2, -0.15) is 0 Å². The van der Waals surface area contributed by atoms with Crippen molar-refractivity contribution in [3.63, 3.8) is 0 Å². The SMILES string of the molecule is CCNC1CCN(c2c(F)cc(Br)cc2F)CC1. The fourth-order valence-corrected chi connectivity index (χ4v) is 2.83. The molecule has 1 saturated heterocycles. The molecule has 1 N–H and O–H groups in total. The van der Waals surface area contributed by atoms with Crippen LogP contribution in [0, 0.1) is 11.6 Å². The lowest BCUT2D eigenvalue weighted by molar-refractivity contribution is 0.417. The molecule has 0 amide bonds. The molecule has 2 rings (SSSR count). The summed E-state index contributed by atoms with van der Waals surface area (Å²) in [5, 5.41) is 3.37. The first-order valence-corrected chi connectivity index (χ1v) is 7.04. The molecule has 5 heteroatoms. The first-order chi connectivity index (χ1) is 8.61. The van der Waals surface area contributed by atoms with Crippen molar-refractivity contribution in [3.05, 3.63) is 28.2 Å². The van der Waals surface area contributed by atoms with Gasteiger partial charge in [0.15, 0.2) is 11.6 Å². The number of benzene rings is 1. The van der Waals surface area contributed by atoms with Crippen LogP contribution in [0.25, 0.3) is 0 Å². The van der Waals surface area contributed by atoms with Crippen molar-refractivity contribution < 1.29 is 8.78 Å². The molecule has 0 radical (unpaired) electrons. The Morgan fingerprint density at radius 2 is 1.83 bits per heavy atom. The summed E-state index contributed by atoms with van der Waals surface area (Å²) in [6.07, 6.45) is 1.84. The minimum atomic E-state index is -0.497.